The van der Waals surface area contributed by atoms with E-state index in [4.69, 9.17) is 19.0 Å². The average Bonchev–Trinajstić information content (AvgIpc) is 3.56. The Balaban J connectivity index is 1.20. The van der Waals surface area contributed by atoms with E-state index in [2.05, 4.69) is 48.6 Å². The first-order chi connectivity index (χ1) is 17.0. The molecular weight excluding hydrogens is 442 g/mol. The van der Waals surface area contributed by atoms with Crippen LogP contribution in [0.15, 0.2) is 57.9 Å². The first kappa shape index (κ1) is 21.8. The van der Waals surface area contributed by atoms with Crippen LogP contribution >= 0.6 is 0 Å². The Morgan fingerprint density at radius 2 is 1.86 bits per heavy atom. The van der Waals surface area contributed by atoms with Crippen molar-refractivity contribution in [3.8, 4) is 34.0 Å². The topological polar surface area (TPSA) is 101 Å². The number of nitrogens with one attached hydrogen (secondary N) is 1. The van der Waals surface area contributed by atoms with E-state index in [9.17, 15) is 4.79 Å². The molecule has 2 aliphatic rings. The van der Waals surface area contributed by atoms with Gasteiger partial charge in [-0.05, 0) is 91.6 Å². The van der Waals surface area contributed by atoms with Crippen molar-refractivity contribution in [2.75, 3.05) is 0 Å². The fourth-order valence-electron chi connectivity index (χ4n) is 5.58. The summed E-state index contributed by atoms with van der Waals surface area (Å²) in [6.07, 6.45) is 6.87. The zero-order valence-corrected chi connectivity index (χ0v) is 19.7. The Labute approximate surface area is 203 Å². The number of aryl methyl sites for hydroxylation is 3. The molecule has 4 aromatic rings. The van der Waals surface area contributed by atoms with Crippen LogP contribution in [-0.4, -0.2) is 27.3 Å². The Kier molecular flexibility index (Phi) is 5.29. The number of aliphatic carboxylic acids is 1. The number of hydrogen-bond donors (Lipinski definition) is 2. The number of benzene rings is 2. The van der Waals surface area contributed by atoms with Crippen molar-refractivity contribution >= 4 is 5.97 Å². The molecule has 0 aliphatic heterocycles. The molecule has 1 atom stereocenters. The Hall–Kier alpha value is -3.71. The number of aromatic nitrogens is 2. The summed E-state index contributed by atoms with van der Waals surface area (Å²) in [5.41, 5.74) is 8.88. The van der Waals surface area contributed by atoms with Crippen molar-refractivity contribution in [1.29, 1.82) is 0 Å². The maximum Gasteiger partial charge on any atom is 0.306 e. The summed E-state index contributed by atoms with van der Waals surface area (Å²) in [6.45, 7) is 4.15. The number of hydrogen-bond acceptors (Lipinski definition) is 6. The summed E-state index contributed by atoms with van der Waals surface area (Å²) in [4.78, 5) is 15.8. The number of furan rings is 1. The van der Waals surface area contributed by atoms with Crippen molar-refractivity contribution in [1.82, 2.24) is 15.5 Å². The summed E-state index contributed by atoms with van der Waals surface area (Å²) in [6, 6.07) is 13.0. The van der Waals surface area contributed by atoms with E-state index >= 15 is 0 Å². The second kappa shape index (κ2) is 8.50. The minimum Gasteiger partial charge on any atom is -0.481 e. The highest BCUT2D eigenvalue weighted by atomic mass is 16.5. The molecule has 6 rings (SSSR count). The number of nitrogens with zero attached hydrogens (tertiary/aromatic N) is 2. The molecule has 1 unspecified atom stereocenters. The van der Waals surface area contributed by atoms with Crippen molar-refractivity contribution in [2.24, 2.45) is 5.92 Å². The van der Waals surface area contributed by atoms with Crippen LogP contribution in [0.3, 0.4) is 0 Å². The largest absolute Gasteiger partial charge is 0.481 e. The molecule has 7 heteroatoms. The molecule has 2 aromatic carbocycles. The number of fused-ring (bicyclic) bond motifs is 1. The van der Waals surface area contributed by atoms with E-state index in [1.807, 2.05) is 12.1 Å². The van der Waals surface area contributed by atoms with E-state index in [1.54, 1.807) is 12.5 Å². The Morgan fingerprint density at radius 1 is 1.06 bits per heavy atom. The minimum absolute atomic E-state index is 0.197. The monoisotopic (exact) mass is 469 g/mol. The molecule has 2 heterocycles. The van der Waals surface area contributed by atoms with Gasteiger partial charge in [-0.3, -0.25) is 4.79 Å². The quantitative estimate of drug-likeness (QED) is 0.372. The summed E-state index contributed by atoms with van der Waals surface area (Å²) < 4.78 is 10.9. The Bertz CT molecular complexity index is 1380. The van der Waals surface area contributed by atoms with Gasteiger partial charge in [-0.2, -0.15) is 4.98 Å². The van der Waals surface area contributed by atoms with Gasteiger partial charge in [-0.1, -0.05) is 17.3 Å². The van der Waals surface area contributed by atoms with Crippen LogP contribution in [0.4, 0.5) is 0 Å². The Morgan fingerprint density at radius 3 is 2.57 bits per heavy atom. The van der Waals surface area contributed by atoms with Gasteiger partial charge in [0.1, 0.15) is 0 Å². The summed E-state index contributed by atoms with van der Waals surface area (Å²) in [5.74, 6) is 0.204. The van der Waals surface area contributed by atoms with Crippen LogP contribution in [0.2, 0.25) is 0 Å². The van der Waals surface area contributed by atoms with Crippen LogP contribution < -0.4 is 5.32 Å². The maximum absolute atomic E-state index is 11.1. The molecule has 2 N–H and O–H groups in total. The van der Waals surface area contributed by atoms with Crippen LogP contribution in [-0.2, 0) is 11.2 Å². The fourth-order valence-corrected chi connectivity index (χ4v) is 5.58. The second-order valence-electron chi connectivity index (χ2n) is 9.80. The van der Waals surface area contributed by atoms with Gasteiger partial charge in [0.15, 0.2) is 0 Å². The lowest BCUT2D eigenvalue weighted by molar-refractivity contribution is -0.145. The molecule has 2 aliphatic carbocycles. The van der Waals surface area contributed by atoms with E-state index in [0.29, 0.717) is 30.6 Å². The predicted octanol–water partition coefficient (Wildman–Crippen LogP) is 5.72. The van der Waals surface area contributed by atoms with Crippen molar-refractivity contribution in [2.45, 2.75) is 51.6 Å². The molecule has 0 amide bonds. The molecular formula is C28H27N3O4. The van der Waals surface area contributed by atoms with Gasteiger partial charge in [-0.15, -0.1) is 0 Å². The van der Waals surface area contributed by atoms with Gasteiger partial charge >= 0.3 is 5.97 Å². The van der Waals surface area contributed by atoms with E-state index in [0.717, 1.165) is 46.2 Å². The zero-order valence-electron chi connectivity index (χ0n) is 19.7. The third-order valence-electron chi connectivity index (χ3n) is 7.42. The highest BCUT2D eigenvalue weighted by molar-refractivity contribution is 5.74. The van der Waals surface area contributed by atoms with Crippen LogP contribution in [0.5, 0.6) is 0 Å². The second-order valence-corrected chi connectivity index (χ2v) is 9.80. The number of carbonyl (C=O) groups is 1. The summed E-state index contributed by atoms with van der Waals surface area (Å²) >= 11 is 0. The zero-order chi connectivity index (χ0) is 24.1. The van der Waals surface area contributed by atoms with E-state index in [1.165, 1.54) is 11.1 Å². The number of rotatable bonds is 6. The van der Waals surface area contributed by atoms with Gasteiger partial charge < -0.3 is 19.4 Å². The van der Waals surface area contributed by atoms with Crippen LogP contribution in [0.25, 0.3) is 34.0 Å². The SMILES string of the molecule is Cc1cc(-c2nc(-c3ccc4c(c3)CCC4N[C@H]3C[C@H](C(=O)O)C3)no2)cc(C)c1-c1ccoc1. The lowest BCUT2D eigenvalue weighted by Crippen LogP contribution is -2.45. The van der Waals surface area contributed by atoms with Gasteiger partial charge in [0.2, 0.25) is 5.82 Å². The smallest absolute Gasteiger partial charge is 0.306 e. The van der Waals surface area contributed by atoms with Gasteiger partial charge in [0.05, 0.1) is 18.4 Å². The van der Waals surface area contributed by atoms with Crippen molar-refractivity contribution < 1.29 is 18.8 Å². The molecule has 1 saturated carbocycles. The van der Waals surface area contributed by atoms with Crippen molar-refractivity contribution in [3.63, 3.8) is 0 Å². The molecule has 7 nitrogen and oxygen atoms in total. The van der Waals surface area contributed by atoms with Crippen molar-refractivity contribution in [3.05, 3.63) is 71.2 Å². The van der Waals surface area contributed by atoms with E-state index < -0.39 is 5.97 Å². The molecule has 0 radical (unpaired) electrons. The first-order valence-corrected chi connectivity index (χ1v) is 12.1. The van der Waals surface area contributed by atoms with Crippen LogP contribution in [0.1, 0.15) is 47.6 Å². The number of carboxylic acid groups (broad SMARTS) is 1. The fraction of sp³-hybridized carbons (Fsp3) is 0.321. The molecule has 0 bridgehead atoms. The van der Waals surface area contributed by atoms with Gasteiger partial charge in [0, 0.05) is 28.8 Å². The molecule has 178 valence electrons. The minimum atomic E-state index is -0.682. The molecule has 1 fully saturated rings. The van der Waals surface area contributed by atoms with Gasteiger partial charge in [0.25, 0.3) is 5.89 Å². The third-order valence-corrected chi connectivity index (χ3v) is 7.42. The molecule has 35 heavy (non-hydrogen) atoms. The normalized spacial score (nSPS) is 21.0. The average molecular weight is 470 g/mol. The highest BCUT2D eigenvalue weighted by Crippen LogP contribution is 2.38. The molecule has 0 saturated heterocycles. The molecule has 0 spiro atoms. The summed E-state index contributed by atoms with van der Waals surface area (Å²) in [7, 11) is 0. The predicted molar refractivity (Wildman–Crippen MR) is 131 cm³/mol. The first-order valence-electron chi connectivity index (χ1n) is 12.1. The number of carboxylic acids is 1. The lowest BCUT2D eigenvalue weighted by Gasteiger charge is -2.35. The van der Waals surface area contributed by atoms with Crippen LogP contribution in [0, 0.1) is 19.8 Å². The third kappa shape index (κ3) is 3.96. The standard InChI is InChI=1S/C28H27N3O4/c1-15-9-20(10-16(2)25(15)19-7-8-34-14-19)27-30-26(31-35-27)18-3-5-23-17(11-18)4-6-24(23)29-22-12-21(13-22)28(32)33/h3,5,7-11,14,21-22,24,29H,4,6,12-13H2,1-2H3,(H,32,33)/t21-,22-,24?. The maximum atomic E-state index is 11.1. The van der Waals surface area contributed by atoms with E-state index in [-0.39, 0.29) is 12.0 Å². The highest BCUT2D eigenvalue weighted by Gasteiger charge is 2.36. The van der Waals surface area contributed by atoms with Gasteiger partial charge in [-0.25, -0.2) is 0 Å². The summed E-state index contributed by atoms with van der Waals surface area (Å²) in [5, 5.41) is 17.0. The lowest BCUT2D eigenvalue weighted by atomic mass is 9.80. The molecule has 2 aromatic heterocycles.